The Kier molecular flexibility index (Phi) is 8.89. The van der Waals surface area contributed by atoms with Crippen molar-refractivity contribution in [1.82, 2.24) is 13.6 Å². The van der Waals surface area contributed by atoms with Gasteiger partial charge in [0.1, 0.15) is 18.1 Å². The average Bonchev–Trinajstić information content (AvgIpc) is 3.19. The molecule has 0 atom stereocenters. The summed E-state index contributed by atoms with van der Waals surface area (Å²) in [6.07, 6.45) is 0.565. The van der Waals surface area contributed by atoms with Gasteiger partial charge in [-0.1, -0.05) is 29.8 Å². The standard InChI is InChI=1S/C26H33N3O6S/c1-18(2)28(5)36(32,33)29(17-25(30)31)16-21-8-12-23(13-9-21)34-15-14-24-20(4)35-26(27-24)22-10-6-19(3)7-11-22/h6-13,18H,14-17H2,1-5H3,(H,30,31). The van der Waals surface area contributed by atoms with E-state index in [2.05, 4.69) is 4.98 Å². The molecule has 1 heterocycles. The summed E-state index contributed by atoms with van der Waals surface area (Å²) >= 11 is 0. The van der Waals surface area contributed by atoms with E-state index in [1.165, 1.54) is 12.6 Å². The van der Waals surface area contributed by atoms with Gasteiger partial charge in [0, 0.05) is 31.6 Å². The van der Waals surface area contributed by atoms with Crippen LogP contribution in [0.15, 0.2) is 52.9 Å². The van der Waals surface area contributed by atoms with Crippen molar-refractivity contribution < 1.29 is 27.5 Å². The molecular weight excluding hydrogens is 482 g/mol. The van der Waals surface area contributed by atoms with Gasteiger partial charge in [0.2, 0.25) is 5.89 Å². The maximum Gasteiger partial charge on any atom is 0.318 e. The third-order valence-corrected chi connectivity index (χ3v) is 7.87. The zero-order valence-corrected chi connectivity index (χ0v) is 22.1. The summed E-state index contributed by atoms with van der Waals surface area (Å²) < 4.78 is 39.4. The van der Waals surface area contributed by atoms with Crippen LogP contribution in [0.3, 0.4) is 0 Å². The molecule has 0 aliphatic heterocycles. The quantitative estimate of drug-likeness (QED) is 0.387. The van der Waals surface area contributed by atoms with Crippen molar-refractivity contribution in [3.8, 4) is 17.2 Å². The average molecular weight is 516 g/mol. The van der Waals surface area contributed by atoms with E-state index in [0.29, 0.717) is 30.2 Å². The van der Waals surface area contributed by atoms with Gasteiger partial charge in [-0.3, -0.25) is 4.79 Å². The Hall–Kier alpha value is -3.21. The normalized spacial score (nSPS) is 12.0. The van der Waals surface area contributed by atoms with Crippen molar-refractivity contribution in [2.24, 2.45) is 0 Å². The number of oxazole rings is 1. The number of hydrogen-bond donors (Lipinski definition) is 1. The number of aromatic nitrogens is 1. The lowest BCUT2D eigenvalue weighted by molar-refractivity contribution is -0.137. The second-order valence-electron chi connectivity index (χ2n) is 8.91. The highest BCUT2D eigenvalue weighted by Crippen LogP contribution is 2.23. The Bertz CT molecular complexity index is 1270. The zero-order chi connectivity index (χ0) is 26.5. The molecule has 36 heavy (non-hydrogen) atoms. The Balaban J connectivity index is 1.61. The van der Waals surface area contributed by atoms with E-state index in [1.807, 2.05) is 38.1 Å². The summed E-state index contributed by atoms with van der Waals surface area (Å²) in [6, 6.07) is 14.6. The zero-order valence-electron chi connectivity index (χ0n) is 21.3. The molecule has 0 spiro atoms. The molecule has 1 aromatic heterocycles. The topological polar surface area (TPSA) is 113 Å². The van der Waals surface area contributed by atoms with Gasteiger partial charge in [-0.15, -0.1) is 0 Å². The van der Waals surface area contributed by atoms with Gasteiger partial charge in [0.25, 0.3) is 10.2 Å². The third-order valence-electron chi connectivity index (χ3n) is 5.81. The molecule has 0 bridgehead atoms. The molecule has 0 unspecified atom stereocenters. The molecule has 3 rings (SSSR count). The minimum absolute atomic E-state index is 0.0636. The number of benzene rings is 2. The number of carboxylic acids is 1. The van der Waals surface area contributed by atoms with Crippen molar-refractivity contribution in [3.05, 3.63) is 71.1 Å². The summed E-state index contributed by atoms with van der Waals surface area (Å²) in [5.74, 6) is 0.724. The van der Waals surface area contributed by atoms with Crippen LogP contribution in [-0.4, -0.2) is 59.3 Å². The van der Waals surface area contributed by atoms with Crippen molar-refractivity contribution >= 4 is 16.2 Å². The van der Waals surface area contributed by atoms with Gasteiger partial charge >= 0.3 is 5.97 Å². The van der Waals surface area contributed by atoms with Crippen LogP contribution in [0.4, 0.5) is 0 Å². The fourth-order valence-corrected chi connectivity index (χ4v) is 4.94. The van der Waals surface area contributed by atoms with Gasteiger partial charge in [-0.25, -0.2) is 4.98 Å². The Labute approximate surface area is 212 Å². The number of aliphatic carboxylic acids is 1. The van der Waals surface area contributed by atoms with Gasteiger partial charge < -0.3 is 14.3 Å². The minimum atomic E-state index is -3.93. The van der Waals surface area contributed by atoms with Crippen LogP contribution in [-0.2, 0) is 28.0 Å². The Morgan fingerprint density at radius 2 is 1.72 bits per heavy atom. The van der Waals surface area contributed by atoms with E-state index >= 15 is 0 Å². The first kappa shape index (κ1) is 27.4. The van der Waals surface area contributed by atoms with Crippen LogP contribution < -0.4 is 4.74 Å². The minimum Gasteiger partial charge on any atom is -0.493 e. The number of carbonyl (C=O) groups is 1. The molecule has 0 aliphatic rings. The highest BCUT2D eigenvalue weighted by atomic mass is 32.2. The summed E-state index contributed by atoms with van der Waals surface area (Å²) in [5, 5.41) is 9.22. The molecule has 0 amide bonds. The largest absolute Gasteiger partial charge is 0.493 e. The Morgan fingerprint density at radius 3 is 2.31 bits per heavy atom. The lowest BCUT2D eigenvalue weighted by Crippen LogP contribution is -2.46. The number of ether oxygens (including phenoxy) is 1. The third kappa shape index (κ3) is 6.93. The summed E-state index contributed by atoms with van der Waals surface area (Å²) in [5.41, 5.74) is 3.57. The first-order valence-corrected chi connectivity index (χ1v) is 13.1. The highest BCUT2D eigenvalue weighted by Gasteiger charge is 2.30. The predicted molar refractivity (Wildman–Crippen MR) is 137 cm³/mol. The predicted octanol–water partition coefficient (Wildman–Crippen LogP) is 4.05. The molecule has 2 aromatic carbocycles. The molecule has 0 saturated heterocycles. The second-order valence-corrected chi connectivity index (χ2v) is 10.9. The van der Waals surface area contributed by atoms with Crippen LogP contribution in [0, 0.1) is 13.8 Å². The molecule has 0 radical (unpaired) electrons. The molecule has 0 saturated carbocycles. The molecule has 9 nitrogen and oxygen atoms in total. The Morgan fingerprint density at radius 1 is 1.08 bits per heavy atom. The molecule has 1 N–H and O–H groups in total. The highest BCUT2D eigenvalue weighted by molar-refractivity contribution is 7.86. The van der Waals surface area contributed by atoms with Crippen LogP contribution in [0.5, 0.6) is 5.75 Å². The first-order chi connectivity index (χ1) is 17.0. The summed E-state index contributed by atoms with van der Waals surface area (Å²) in [7, 11) is -2.50. The molecule has 0 fully saturated rings. The maximum atomic E-state index is 12.8. The van der Waals surface area contributed by atoms with E-state index in [1.54, 1.807) is 38.1 Å². The van der Waals surface area contributed by atoms with Gasteiger partial charge in [0.05, 0.1) is 12.3 Å². The lowest BCUT2D eigenvalue weighted by atomic mass is 10.1. The second kappa shape index (κ2) is 11.7. The fraction of sp³-hybridized carbons (Fsp3) is 0.385. The van der Waals surface area contributed by atoms with E-state index in [4.69, 9.17) is 9.15 Å². The summed E-state index contributed by atoms with van der Waals surface area (Å²) in [6.45, 7) is 7.06. The van der Waals surface area contributed by atoms with Crippen LogP contribution in [0.1, 0.15) is 36.4 Å². The number of nitrogens with zero attached hydrogens (tertiary/aromatic N) is 3. The first-order valence-electron chi connectivity index (χ1n) is 11.7. The molecule has 3 aromatic rings. The van der Waals surface area contributed by atoms with Crippen molar-refractivity contribution in [3.63, 3.8) is 0 Å². The lowest BCUT2D eigenvalue weighted by Gasteiger charge is -2.28. The van der Waals surface area contributed by atoms with Crippen molar-refractivity contribution in [2.75, 3.05) is 20.2 Å². The molecule has 194 valence electrons. The van der Waals surface area contributed by atoms with E-state index in [-0.39, 0.29) is 12.6 Å². The smallest absolute Gasteiger partial charge is 0.318 e. The van der Waals surface area contributed by atoms with Crippen LogP contribution in [0.25, 0.3) is 11.5 Å². The van der Waals surface area contributed by atoms with Crippen LogP contribution >= 0.6 is 0 Å². The molecule has 10 heteroatoms. The van der Waals surface area contributed by atoms with E-state index in [0.717, 1.165) is 25.6 Å². The van der Waals surface area contributed by atoms with Crippen molar-refractivity contribution in [2.45, 2.75) is 46.7 Å². The number of aryl methyl sites for hydroxylation is 2. The number of carboxylic acid groups (broad SMARTS) is 1. The monoisotopic (exact) mass is 515 g/mol. The van der Waals surface area contributed by atoms with E-state index in [9.17, 15) is 18.3 Å². The van der Waals surface area contributed by atoms with Gasteiger partial charge in [-0.05, 0) is 57.5 Å². The van der Waals surface area contributed by atoms with Gasteiger partial charge in [0.15, 0.2) is 0 Å². The maximum absolute atomic E-state index is 12.8. The van der Waals surface area contributed by atoms with Crippen LogP contribution in [0.2, 0.25) is 0 Å². The fourth-order valence-electron chi connectivity index (χ4n) is 3.46. The molecule has 0 aliphatic carbocycles. The van der Waals surface area contributed by atoms with E-state index < -0.39 is 22.7 Å². The summed E-state index contributed by atoms with van der Waals surface area (Å²) in [4.78, 5) is 15.9. The van der Waals surface area contributed by atoms with Crippen molar-refractivity contribution in [1.29, 1.82) is 0 Å². The molecular formula is C26H33N3O6S. The SMILES string of the molecule is Cc1ccc(-c2nc(CCOc3ccc(CN(CC(=O)O)S(=O)(=O)N(C)C(C)C)cc3)c(C)o2)cc1. The number of rotatable bonds is 12. The number of hydrogen-bond acceptors (Lipinski definition) is 6. The van der Waals surface area contributed by atoms with Gasteiger partial charge in [-0.2, -0.15) is 17.0 Å².